The number of ketones is 1. The Morgan fingerprint density at radius 1 is 1.32 bits per heavy atom. The van der Waals surface area contributed by atoms with Gasteiger partial charge in [-0.05, 0) is 24.7 Å². The molecule has 6 heteroatoms. The lowest BCUT2D eigenvalue weighted by Gasteiger charge is -2.18. The van der Waals surface area contributed by atoms with Gasteiger partial charge in [-0.25, -0.2) is 4.79 Å². The smallest absolute Gasteiger partial charge is 0.336 e. The summed E-state index contributed by atoms with van der Waals surface area (Å²) in [6, 6.07) is 0. The molecule has 0 aromatic rings. The molecule has 1 amide bonds. The van der Waals surface area contributed by atoms with Crippen molar-refractivity contribution in [3.8, 4) is 0 Å². The van der Waals surface area contributed by atoms with Gasteiger partial charge in [-0.2, -0.15) is 0 Å². The molecule has 0 saturated carbocycles. The van der Waals surface area contributed by atoms with E-state index < -0.39 is 48.5 Å². The molecular formula is C16H27NO5. The Kier molecular flexibility index (Phi) is 4.90. The van der Waals surface area contributed by atoms with Crippen molar-refractivity contribution in [1.29, 1.82) is 0 Å². The van der Waals surface area contributed by atoms with Gasteiger partial charge in [0, 0.05) is 24.4 Å². The van der Waals surface area contributed by atoms with Crippen LogP contribution in [0.1, 0.15) is 52.4 Å². The number of epoxide rings is 1. The highest BCUT2D eigenvalue weighted by atomic mass is 16.6. The number of carboxylic acids is 1. The first-order chi connectivity index (χ1) is 11.8. The Morgan fingerprint density at radius 3 is 2.50 bits per heavy atom. The van der Waals surface area contributed by atoms with Crippen LogP contribution in [0.3, 0.4) is 0 Å². The van der Waals surface area contributed by atoms with E-state index in [2.05, 4.69) is 5.32 Å². The minimum Gasteiger partial charge on any atom is -0.479 e. The summed E-state index contributed by atoms with van der Waals surface area (Å²) in [5.41, 5.74) is 0. The average molecular weight is 317 g/mol. The van der Waals surface area contributed by atoms with Gasteiger partial charge in [-0.15, -0.1) is 0 Å². The third kappa shape index (κ3) is 6.13. The van der Waals surface area contributed by atoms with Gasteiger partial charge in [-0.1, -0.05) is 27.6 Å². The van der Waals surface area contributed by atoms with Gasteiger partial charge in [-0.3, -0.25) is 9.59 Å². The summed E-state index contributed by atoms with van der Waals surface area (Å²) in [4.78, 5) is 35.3. The zero-order valence-corrected chi connectivity index (χ0v) is 13.2. The first-order valence-electron chi connectivity index (χ1n) is 9.45. The van der Waals surface area contributed by atoms with Crippen molar-refractivity contribution >= 4 is 17.7 Å². The molecule has 22 heavy (non-hydrogen) atoms. The van der Waals surface area contributed by atoms with Crippen molar-refractivity contribution in [1.82, 2.24) is 5.32 Å². The monoisotopic (exact) mass is 317 g/mol. The van der Waals surface area contributed by atoms with Gasteiger partial charge in [0.1, 0.15) is 0 Å². The molecule has 0 aromatic heterocycles. The molecule has 0 radical (unpaired) electrons. The Labute approximate surface area is 137 Å². The van der Waals surface area contributed by atoms with Crippen LogP contribution in [0.4, 0.5) is 0 Å². The maximum Gasteiger partial charge on any atom is 0.336 e. The highest BCUT2D eigenvalue weighted by Gasteiger charge is 2.50. The predicted molar refractivity (Wildman–Crippen MR) is 81.3 cm³/mol. The first-order valence-corrected chi connectivity index (χ1v) is 7.45. The quantitative estimate of drug-likeness (QED) is 0.597. The third-order valence-electron chi connectivity index (χ3n) is 3.43. The lowest BCUT2D eigenvalue weighted by Crippen LogP contribution is -2.34. The summed E-state index contributed by atoms with van der Waals surface area (Å²) < 4.78 is 34.6. The largest absolute Gasteiger partial charge is 0.479 e. The molecule has 1 saturated heterocycles. The van der Waals surface area contributed by atoms with Gasteiger partial charge >= 0.3 is 5.97 Å². The van der Waals surface area contributed by atoms with Crippen molar-refractivity contribution in [2.24, 2.45) is 17.7 Å². The lowest BCUT2D eigenvalue weighted by molar-refractivity contribution is -0.138. The summed E-state index contributed by atoms with van der Waals surface area (Å²) in [6.45, 7) is 2.64. The summed E-state index contributed by atoms with van der Waals surface area (Å²) in [6.07, 6.45) is -1.88. The number of nitrogens with one attached hydrogen (secondary N) is 1. The number of hydrogen-bond donors (Lipinski definition) is 2. The minimum atomic E-state index is -2.46. The molecule has 1 aliphatic rings. The number of Topliss-reactive ketones (excluding diaryl/α,β-unsaturated/α-hetero) is 1. The Balaban J connectivity index is 2.58. The molecule has 0 spiro atoms. The van der Waals surface area contributed by atoms with Gasteiger partial charge in [0.15, 0.2) is 18.0 Å². The Hall–Kier alpha value is -1.43. The van der Waals surface area contributed by atoms with E-state index in [0.29, 0.717) is 6.42 Å². The zero-order valence-electron chi connectivity index (χ0n) is 17.2. The van der Waals surface area contributed by atoms with Crippen LogP contribution < -0.4 is 5.32 Å². The van der Waals surface area contributed by atoms with Gasteiger partial charge in [0.05, 0.1) is 0 Å². The van der Waals surface area contributed by atoms with Crippen LogP contribution in [0.15, 0.2) is 0 Å². The van der Waals surface area contributed by atoms with Crippen LogP contribution in [0, 0.1) is 17.7 Å². The molecule has 6 nitrogen and oxygen atoms in total. The van der Waals surface area contributed by atoms with Crippen LogP contribution in [-0.4, -0.2) is 41.5 Å². The van der Waals surface area contributed by atoms with Gasteiger partial charge in [0.2, 0.25) is 5.91 Å². The second kappa shape index (κ2) is 8.27. The molecule has 1 unspecified atom stereocenters. The molecule has 0 aliphatic carbocycles. The summed E-state index contributed by atoms with van der Waals surface area (Å²) >= 11 is 0. The molecule has 126 valence electrons. The maximum absolute atomic E-state index is 12.4. The van der Waals surface area contributed by atoms with Crippen molar-refractivity contribution in [3.63, 3.8) is 0 Å². The van der Waals surface area contributed by atoms with Crippen molar-refractivity contribution in [3.05, 3.63) is 0 Å². The summed E-state index contributed by atoms with van der Waals surface area (Å²) in [5, 5.41) is 11.4. The SMILES string of the molecule is [2H]C([2H])([2H])C([2H])(C)CCNC(=O)[C@@H](CC(=O)[C@H]1O[C@@H]1C(=O)O)CC(C)C. The van der Waals surface area contributed by atoms with Crippen molar-refractivity contribution in [2.45, 2.75) is 59.1 Å². The van der Waals surface area contributed by atoms with Crippen LogP contribution in [0.2, 0.25) is 0 Å². The molecule has 0 aromatic carbocycles. The standard InChI is InChI=1S/C16H27NO5/c1-9(2)5-6-17-15(19)11(7-10(3)4)8-12(18)13-14(22-13)16(20)21/h9-11,13-14H,5-8H2,1-4H3,(H,17,19)(H,20,21)/t11-,13-,14+/m1/s1/i1D3,9D/t9?,11-,13-,14+. The maximum atomic E-state index is 12.4. The number of amides is 1. The Morgan fingerprint density at radius 2 is 2.00 bits per heavy atom. The van der Waals surface area contributed by atoms with Crippen LogP contribution in [-0.2, 0) is 19.1 Å². The minimum absolute atomic E-state index is 0.0116. The molecule has 2 N–H and O–H groups in total. The van der Waals surface area contributed by atoms with Gasteiger partial charge in [0.25, 0.3) is 0 Å². The fourth-order valence-electron chi connectivity index (χ4n) is 2.27. The molecule has 0 bridgehead atoms. The van der Waals surface area contributed by atoms with E-state index in [4.69, 9.17) is 15.3 Å². The lowest BCUT2D eigenvalue weighted by atomic mass is 9.90. The van der Waals surface area contributed by atoms with E-state index in [9.17, 15) is 14.4 Å². The molecule has 1 rings (SSSR count). The molecular weight excluding hydrogens is 286 g/mol. The summed E-state index contributed by atoms with van der Waals surface area (Å²) in [7, 11) is 0. The zero-order chi connectivity index (χ0) is 20.3. The van der Waals surface area contributed by atoms with Crippen LogP contribution in [0.25, 0.3) is 0 Å². The van der Waals surface area contributed by atoms with E-state index in [-0.39, 0.29) is 25.3 Å². The van der Waals surface area contributed by atoms with E-state index >= 15 is 0 Å². The van der Waals surface area contributed by atoms with E-state index in [1.807, 2.05) is 13.8 Å². The highest BCUT2D eigenvalue weighted by Crippen LogP contribution is 2.27. The fraction of sp³-hybridized carbons (Fsp3) is 0.812. The second-order valence-corrected chi connectivity index (χ2v) is 6.13. The predicted octanol–water partition coefficient (Wildman–Crippen LogP) is 1.62. The Bertz CT molecular complexity index is 547. The number of carbonyl (C=O) groups is 3. The topological polar surface area (TPSA) is 96.0 Å². The number of rotatable bonds is 10. The fourth-order valence-corrected chi connectivity index (χ4v) is 2.27. The van der Waals surface area contributed by atoms with E-state index in [0.717, 1.165) is 0 Å². The number of hydrogen-bond acceptors (Lipinski definition) is 4. The molecule has 1 aliphatic heterocycles. The van der Waals surface area contributed by atoms with E-state index in [1.165, 1.54) is 6.92 Å². The average Bonchev–Trinajstić information content (AvgIpc) is 3.25. The first kappa shape index (κ1) is 13.0. The molecule has 1 fully saturated rings. The van der Waals surface area contributed by atoms with Crippen LogP contribution >= 0.6 is 0 Å². The third-order valence-corrected chi connectivity index (χ3v) is 3.43. The summed E-state index contributed by atoms with van der Waals surface area (Å²) in [5.74, 6) is -4.22. The number of ether oxygens (including phenoxy) is 1. The van der Waals surface area contributed by atoms with Gasteiger partial charge < -0.3 is 15.2 Å². The number of aliphatic carboxylic acids is 1. The van der Waals surface area contributed by atoms with Crippen LogP contribution in [0.5, 0.6) is 0 Å². The second-order valence-electron chi connectivity index (χ2n) is 6.13. The number of carboxylic acid groups (broad SMARTS) is 1. The molecule has 4 atom stereocenters. The highest BCUT2D eigenvalue weighted by molar-refractivity contribution is 5.95. The van der Waals surface area contributed by atoms with E-state index in [1.54, 1.807) is 0 Å². The molecule has 1 heterocycles. The number of carbonyl (C=O) groups excluding carboxylic acids is 2. The van der Waals surface area contributed by atoms with Crippen molar-refractivity contribution in [2.75, 3.05) is 6.54 Å². The normalized spacial score (nSPS) is 27.6. The van der Waals surface area contributed by atoms with Crippen molar-refractivity contribution < 1.29 is 29.7 Å².